The Labute approximate surface area is 196 Å². The van der Waals surface area contributed by atoms with E-state index in [9.17, 15) is 14.4 Å². The van der Waals surface area contributed by atoms with Crippen LogP contribution in [0.4, 0.5) is 11.6 Å². The van der Waals surface area contributed by atoms with Crippen LogP contribution in [-0.2, 0) is 18.4 Å². The molecule has 1 unspecified atom stereocenters. The highest BCUT2D eigenvalue weighted by Gasteiger charge is 2.26. The van der Waals surface area contributed by atoms with Gasteiger partial charge in [-0.25, -0.2) is 4.79 Å². The van der Waals surface area contributed by atoms with Crippen LogP contribution in [0.15, 0.2) is 40.2 Å². The average molecular weight is 467 g/mol. The van der Waals surface area contributed by atoms with Gasteiger partial charge in [-0.2, -0.15) is 4.98 Å². The Bertz CT molecular complexity index is 1320. The van der Waals surface area contributed by atoms with Gasteiger partial charge in [0.1, 0.15) is 0 Å². The molecular weight excluding hydrogens is 436 g/mol. The summed E-state index contributed by atoms with van der Waals surface area (Å²) in [5.74, 6) is 0.268. The van der Waals surface area contributed by atoms with Crippen LogP contribution in [-0.4, -0.2) is 55.1 Å². The first-order valence-corrected chi connectivity index (χ1v) is 11.4. The number of nitrogens with zero attached hydrogens (tertiary/aromatic N) is 6. The average Bonchev–Trinajstić information content (AvgIpc) is 3.23. The number of hydrogen-bond acceptors (Lipinski definition) is 8. The summed E-state index contributed by atoms with van der Waals surface area (Å²) in [5, 5.41) is 2.96. The van der Waals surface area contributed by atoms with Gasteiger partial charge in [0.15, 0.2) is 16.9 Å². The second-order valence-electron chi connectivity index (χ2n) is 8.46. The molecule has 1 atom stereocenters. The molecule has 0 saturated carbocycles. The summed E-state index contributed by atoms with van der Waals surface area (Å²) in [6.45, 7) is 2.99. The van der Waals surface area contributed by atoms with E-state index in [1.165, 1.54) is 4.57 Å². The van der Waals surface area contributed by atoms with Gasteiger partial charge in [-0.15, -0.1) is 0 Å². The number of rotatable bonds is 8. The van der Waals surface area contributed by atoms with Gasteiger partial charge >= 0.3 is 5.69 Å². The molecule has 11 heteroatoms. The molecule has 0 amide bonds. The van der Waals surface area contributed by atoms with Crippen molar-refractivity contribution in [3.8, 4) is 0 Å². The Balaban J connectivity index is 1.74. The Morgan fingerprint density at radius 3 is 2.88 bits per heavy atom. The number of nitrogens with one attached hydrogen (secondary N) is 1. The minimum absolute atomic E-state index is 0.0163. The maximum atomic E-state index is 13.5. The number of Topliss-reactive ketones (excluding diaryl/α,β-unsaturated/α-hetero) is 1. The molecule has 3 aromatic heterocycles. The minimum atomic E-state index is -0.585. The molecule has 1 aliphatic heterocycles. The Morgan fingerprint density at radius 2 is 2.18 bits per heavy atom. The fourth-order valence-corrected chi connectivity index (χ4v) is 4.13. The monoisotopic (exact) mass is 466 g/mol. The first-order valence-electron chi connectivity index (χ1n) is 11.4. The summed E-state index contributed by atoms with van der Waals surface area (Å²) >= 11 is 0. The zero-order valence-corrected chi connectivity index (χ0v) is 19.5. The van der Waals surface area contributed by atoms with Crippen LogP contribution in [0.25, 0.3) is 17.4 Å². The highest BCUT2D eigenvalue weighted by Crippen LogP contribution is 2.23. The van der Waals surface area contributed by atoms with Crippen molar-refractivity contribution in [1.82, 2.24) is 23.7 Å². The molecule has 1 aliphatic rings. The zero-order valence-electron chi connectivity index (χ0n) is 19.5. The zero-order chi connectivity index (χ0) is 24.2. The SMILES string of the molecule is CCC=Cn1c(N2CCCC(N)C2)nc2c1c(=O)n(CC(=O)CNc1cccnc1)c(=O)n2C. The highest BCUT2D eigenvalue weighted by atomic mass is 16.2. The number of pyridine rings is 1. The number of aryl methyl sites for hydroxylation is 1. The standard InChI is InChI=1S/C23H30N8O3/c1-3-4-11-30-19-20(27-22(30)29-10-6-7-16(24)14-29)28(2)23(34)31(21(19)33)15-18(32)13-26-17-8-5-9-25-12-17/h4-5,8-9,11-12,16,26H,3,6-7,10,13-15,24H2,1-2H3. The van der Waals surface area contributed by atoms with Crippen molar-refractivity contribution in [3.05, 3.63) is 51.4 Å². The Morgan fingerprint density at radius 1 is 1.35 bits per heavy atom. The number of imidazole rings is 1. The number of carbonyl (C=O) groups excluding carboxylic acids is 1. The molecular formula is C23H30N8O3. The largest absolute Gasteiger partial charge is 0.377 e. The van der Waals surface area contributed by atoms with E-state index in [0.29, 0.717) is 18.2 Å². The number of allylic oxidation sites excluding steroid dienone is 1. The van der Waals surface area contributed by atoms with Gasteiger partial charge in [0.2, 0.25) is 5.95 Å². The number of aromatic nitrogens is 5. The van der Waals surface area contributed by atoms with Gasteiger partial charge in [0.25, 0.3) is 5.56 Å². The third-order valence-electron chi connectivity index (χ3n) is 5.87. The van der Waals surface area contributed by atoms with Gasteiger partial charge in [0, 0.05) is 44.8 Å². The van der Waals surface area contributed by atoms with Crippen molar-refractivity contribution in [1.29, 1.82) is 0 Å². The second kappa shape index (κ2) is 10.0. The molecule has 180 valence electrons. The number of fused-ring (bicyclic) bond motifs is 1. The quantitative estimate of drug-likeness (QED) is 0.498. The van der Waals surface area contributed by atoms with Crippen molar-refractivity contribution < 1.29 is 4.79 Å². The van der Waals surface area contributed by atoms with E-state index >= 15 is 0 Å². The summed E-state index contributed by atoms with van der Waals surface area (Å²) in [6, 6.07) is 3.55. The van der Waals surface area contributed by atoms with Crippen molar-refractivity contribution in [2.45, 2.75) is 38.8 Å². The summed E-state index contributed by atoms with van der Waals surface area (Å²) in [6.07, 6.45) is 9.56. The molecule has 1 fully saturated rings. The molecule has 0 radical (unpaired) electrons. The van der Waals surface area contributed by atoms with E-state index in [1.807, 2.05) is 17.9 Å². The molecule has 3 aromatic rings. The highest BCUT2D eigenvalue weighted by molar-refractivity contribution is 5.83. The topological polar surface area (TPSA) is 133 Å². The second-order valence-corrected chi connectivity index (χ2v) is 8.46. The molecule has 4 rings (SSSR count). The molecule has 3 N–H and O–H groups in total. The third kappa shape index (κ3) is 4.65. The molecule has 11 nitrogen and oxygen atoms in total. The number of nitrogens with two attached hydrogens (primary N) is 1. The van der Waals surface area contributed by atoms with E-state index in [4.69, 9.17) is 5.73 Å². The first-order chi connectivity index (χ1) is 16.4. The van der Waals surface area contributed by atoms with Crippen LogP contribution < -0.4 is 27.2 Å². The number of piperidine rings is 1. The number of carbonyl (C=O) groups is 1. The lowest BCUT2D eigenvalue weighted by molar-refractivity contribution is -0.118. The van der Waals surface area contributed by atoms with Gasteiger partial charge in [-0.3, -0.25) is 28.3 Å². The van der Waals surface area contributed by atoms with Crippen molar-refractivity contribution in [2.24, 2.45) is 12.8 Å². The van der Waals surface area contributed by atoms with Crippen LogP contribution >= 0.6 is 0 Å². The maximum absolute atomic E-state index is 13.5. The molecule has 0 bridgehead atoms. The lowest BCUT2D eigenvalue weighted by atomic mass is 10.1. The molecule has 0 spiro atoms. The summed E-state index contributed by atoms with van der Waals surface area (Å²) in [5.41, 5.74) is 6.26. The number of hydrogen-bond donors (Lipinski definition) is 2. The third-order valence-corrected chi connectivity index (χ3v) is 5.87. The van der Waals surface area contributed by atoms with Crippen molar-refractivity contribution in [3.63, 3.8) is 0 Å². The van der Waals surface area contributed by atoms with E-state index in [1.54, 1.807) is 42.3 Å². The fraction of sp³-hybridized carbons (Fsp3) is 0.435. The van der Waals surface area contributed by atoms with Crippen LogP contribution in [0, 0.1) is 0 Å². The van der Waals surface area contributed by atoms with E-state index in [2.05, 4.69) is 15.3 Å². The van der Waals surface area contributed by atoms with E-state index in [0.717, 1.165) is 30.4 Å². The van der Waals surface area contributed by atoms with Crippen molar-refractivity contribution >= 4 is 34.8 Å². The van der Waals surface area contributed by atoms with Gasteiger partial charge < -0.3 is 16.0 Å². The smallest absolute Gasteiger partial charge is 0.332 e. The predicted octanol–water partition coefficient (Wildman–Crippen LogP) is 0.781. The summed E-state index contributed by atoms with van der Waals surface area (Å²) < 4.78 is 4.01. The van der Waals surface area contributed by atoms with Crippen LogP contribution in [0.1, 0.15) is 26.2 Å². The predicted molar refractivity (Wildman–Crippen MR) is 132 cm³/mol. The number of ketones is 1. The van der Waals surface area contributed by atoms with Crippen LogP contribution in [0.3, 0.4) is 0 Å². The summed E-state index contributed by atoms with van der Waals surface area (Å²) in [7, 11) is 1.56. The van der Waals surface area contributed by atoms with Crippen LogP contribution in [0.2, 0.25) is 0 Å². The normalized spacial score (nSPS) is 16.4. The van der Waals surface area contributed by atoms with Gasteiger partial charge in [-0.1, -0.05) is 13.0 Å². The lowest BCUT2D eigenvalue weighted by Crippen LogP contribution is -2.43. The molecule has 0 aliphatic carbocycles. The molecule has 34 heavy (non-hydrogen) atoms. The van der Waals surface area contributed by atoms with Crippen molar-refractivity contribution in [2.75, 3.05) is 29.9 Å². The Kier molecular flexibility index (Phi) is 6.92. The molecule has 4 heterocycles. The molecule has 0 aromatic carbocycles. The van der Waals surface area contributed by atoms with Gasteiger partial charge in [0.05, 0.1) is 18.8 Å². The Hall–Kier alpha value is -3.73. The number of anilines is 2. The maximum Gasteiger partial charge on any atom is 0.332 e. The first kappa shape index (κ1) is 23.4. The van der Waals surface area contributed by atoms with E-state index in [-0.39, 0.29) is 36.1 Å². The molecule has 1 saturated heterocycles. The fourth-order valence-electron chi connectivity index (χ4n) is 4.13. The van der Waals surface area contributed by atoms with Crippen LogP contribution in [0.5, 0.6) is 0 Å². The summed E-state index contributed by atoms with van der Waals surface area (Å²) in [4.78, 5) is 49.8. The lowest BCUT2D eigenvalue weighted by Gasteiger charge is -2.31. The van der Waals surface area contributed by atoms with E-state index < -0.39 is 11.2 Å². The van der Waals surface area contributed by atoms with Gasteiger partial charge in [-0.05, 0) is 31.4 Å². The minimum Gasteiger partial charge on any atom is -0.377 e.